The Balaban J connectivity index is 2.45. The number of nitrogens with two attached hydrogens (primary N) is 2. The zero-order valence-electron chi connectivity index (χ0n) is 10.9. The Morgan fingerprint density at radius 2 is 2.15 bits per heavy atom. The predicted octanol–water partition coefficient (Wildman–Crippen LogP) is -0.855. The number of hydrogen-bond acceptors (Lipinski definition) is 7. The van der Waals surface area contributed by atoms with E-state index in [1.165, 1.54) is 0 Å². The molecule has 114 valence electrons. The lowest BCUT2D eigenvalue weighted by molar-refractivity contribution is 0.0286. The minimum atomic E-state index is -4.16. The van der Waals surface area contributed by atoms with Gasteiger partial charge in [0.05, 0.1) is 13.2 Å². The van der Waals surface area contributed by atoms with Crippen LogP contribution >= 0.6 is 7.60 Å². The van der Waals surface area contributed by atoms with E-state index in [1.807, 2.05) is 0 Å². The number of nitrogens with zero attached hydrogens (tertiary/aromatic N) is 1. The van der Waals surface area contributed by atoms with Gasteiger partial charge in [-0.3, -0.25) is 4.57 Å². The largest absolute Gasteiger partial charge is 0.385 e. The maximum atomic E-state index is 10.6. The van der Waals surface area contributed by atoms with Gasteiger partial charge >= 0.3 is 7.60 Å². The van der Waals surface area contributed by atoms with Crippen LogP contribution in [0.2, 0.25) is 0 Å². The summed E-state index contributed by atoms with van der Waals surface area (Å²) in [7, 11) is -4.16. The summed E-state index contributed by atoms with van der Waals surface area (Å²) in [6, 6.07) is 0. The second-order valence-electron chi connectivity index (χ2n) is 4.00. The van der Waals surface area contributed by atoms with E-state index < -0.39 is 20.2 Å². The molecule has 0 fully saturated rings. The van der Waals surface area contributed by atoms with Gasteiger partial charge in [0.15, 0.2) is 12.2 Å². The van der Waals surface area contributed by atoms with Gasteiger partial charge in [0.2, 0.25) is 0 Å². The maximum Gasteiger partial charge on any atom is 0.350 e. The topological polar surface area (TPSA) is 152 Å². The van der Waals surface area contributed by atoms with Crippen LogP contribution in [0.1, 0.15) is 6.42 Å². The number of hydrogen-bond donors (Lipinski definition) is 5. The molecule has 1 rings (SSSR count). The van der Waals surface area contributed by atoms with Crippen molar-refractivity contribution in [2.75, 3.05) is 19.6 Å². The van der Waals surface area contributed by atoms with Crippen LogP contribution in [0.3, 0.4) is 0 Å². The van der Waals surface area contributed by atoms with Gasteiger partial charge in [0.1, 0.15) is 12.2 Å². The molecular formula is C10H19N4O5P. The molecule has 0 saturated carbocycles. The molecule has 7 N–H and O–H groups in total. The standard InChI is InChI=1S/C10H19N4O5P/c1-2-3-7-8(11)13-10(12)14-9(7)19-5-4-18-6-20(15,16)17/h2,9H,1,3-6,11H2,(H3,12,13,14)(H2,15,16,17). The third-order valence-corrected chi connectivity index (χ3v) is 2.81. The Bertz CT molecular complexity index is 459. The summed E-state index contributed by atoms with van der Waals surface area (Å²) in [6.07, 6.45) is 0.823. The number of rotatable bonds is 8. The van der Waals surface area contributed by atoms with E-state index in [1.54, 1.807) is 6.08 Å². The van der Waals surface area contributed by atoms with Gasteiger partial charge in [-0.2, -0.15) is 0 Å². The summed E-state index contributed by atoms with van der Waals surface area (Å²) < 4.78 is 20.8. The van der Waals surface area contributed by atoms with Gasteiger partial charge in [-0.05, 0) is 6.42 Å². The van der Waals surface area contributed by atoms with Gasteiger partial charge in [0.25, 0.3) is 0 Å². The molecule has 0 radical (unpaired) electrons. The first-order valence-corrected chi connectivity index (χ1v) is 7.57. The minimum Gasteiger partial charge on any atom is -0.385 e. The number of allylic oxidation sites excluding steroid dienone is 1. The van der Waals surface area contributed by atoms with Gasteiger partial charge in [-0.15, -0.1) is 6.58 Å². The molecule has 1 unspecified atom stereocenters. The summed E-state index contributed by atoms with van der Waals surface area (Å²) in [6.45, 7) is 3.73. The lowest BCUT2D eigenvalue weighted by Crippen LogP contribution is -2.42. The molecule has 9 nitrogen and oxygen atoms in total. The van der Waals surface area contributed by atoms with Crippen molar-refractivity contribution < 1.29 is 23.8 Å². The first-order valence-electron chi connectivity index (χ1n) is 5.77. The third kappa shape index (κ3) is 5.72. The zero-order chi connectivity index (χ0) is 15.2. The van der Waals surface area contributed by atoms with Crippen LogP contribution in [-0.2, 0) is 14.0 Å². The molecule has 1 aliphatic heterocycles. The molecule has 1 heterocycles. The van der Waals surface area contributed by atoms with E-state index in [-0.39, 0.29) is 19.2 Å². The summed E-state index contributed by atoms with van der Waals surface area (Å²) >= 11 is 0. The molecule has 0 amide bonds. The van der Waals surface area contributed by atoms with Gasteiger partial charge in [-0.25, -0.2) is 4.99 Å². The van der Waals surface area contributed by atoms with Crippen molar-refractivity contribution in [2.24, 2.45) is 16.5 Å². The number of ether oxygens (including phenoxy) is 2. The molecule has 0 saturated heterocycles. The van der Waals surface area contributed by atoms with Crippen molar-refractivity contribution in [3.8, 4) is 0 Å². The highest BCUT2D eigenvalue weighted by Gasteiger charge is 2.21. The van der Waals surface area contributed by atoms with E-state index in [0.717, 1.165) is 0 Å². The van der Waals surface area contributed by atoms with Crippen LogP contribution in [-0.4, -0.2) is 41.5 Å². The first kappa shape index (κ1) is 16.7. The van der Waals surface area contributed by atoms with Crippen molar-refractivity contribution in [3.63, 3.8) is 0 Å². The molecular weight excluding hydrogens is 287 g/mol. The molecule has 20 heavy (non-hydrogen) atoms. The second-order valence-corrected chi connectivity index (χ2v) is 5.58. The zero-order valence-corrected chi connectivity index (χ0v) is 11.8. The van der Waals surface area contributed by atoms with E-state index in [2.05, 4.69) is 16.9 Å². The van der Waals surface area contributed by atoms with Gasteiger partial charge in [-0.1, -0.05) is 6.08 Å². The van der Waals surface area contributed by atoms with Crippen LogP contribution in [0.4, 0.5) is 0 Å². The number of nitrogens with one attached hydrogen (secondary N) is 1. The van der Waals surface area contributed by atoms with Crippen LogP contribution in [0.15, 0.2) is 29.0 Å². The van der Waals surface area contributed by atoms with Crippen molar-refractivity contribution in [3.05, 3.63) is 24.0 Å². The average Bonchev–Trinajstić information content (AvgIpc) is 2.31. The molecule has 0 aromatic rings. The Morgan fingerprint density at radius 1 is 1.45 bits per heavy atom. The number of guanidine groups is 1. The Morgan fingerprint density at radius 3 is 2.75 bits per heavy atom. The van der Waals surface area contributed by atoms with Crippen molar-refractivity contribution in [1.29, 1.82) is 0 Å². The maximum absolute atomic E-state index is 10.6. The monoisotopic (exact) mass is 306 g/mol. The fourth-order valence-electron chi connectivity index (χ4n) is 1.49. The van der Waals surface area contributed by atoms with Crippen LogP contribution in [0.25, 0.3) is 0 Å². The fourth-order valence-corrected chi connectivity index (χ4v) is 1.86. The molecule has 10 heteroatoms. The van der Waals surface area contributed by atoms with Gasteiger partial charge in [0, 0.05) is 5.57 Å². The second kappa shape index (κ2) is 7.41. The fraction of sp³-hybridized carbons (Fsp3) is 0.500. The van der Waals surface area contributed by atoms with E-state index >= 15 is 0 Å². The lowest BCUT2D eigenvalue weighted by atomic mass is 10.1. The Hall–Kier alpha value is -1.38. The highest BCUT2D eigenvalue weighted by atomic mass is 31.2. The van der Waals surface area contributed by atoms with Gasteiger partial charge < -0.3 is 36.0 Å². The summed E-state index contributed by atoms with van der Waals surface area (Å²) in [5.41, 5.74) is 12.0. The van der Waals surface area contributed by atoms with E-state index in [4.69, 9.17) is 30.7 Å². The SMILES string of the molecule is C=CCC1=C(N)NC(N)=NC1OCCOCP(=O)(O)O. The molecule has 0 aromatic heterocycles. The molecule has 1 atom stereocenters. The molecule has 1 aliphatic rings. The summed E-state index contributed by atoms with van der Waals surface area (Å²) in [4.78, 5) is 21.3. The summed E-state index contributed by atoms with van der Waals surface area (Å²) in [5, 5.41) is 2.69. The number of aliphatic imine (C=N–C) groups is 1. The Kier molecular flexibility index (Phi) is 6.18. The van der Waals surface area contributed by atoms with Crippen molar-refractivity contribution in [1.82, 2.24) is 5.32 Å². The van der Waals surface area contributed by atoms with Crippen LogP contribution in [0.5, 0.6) is 0 Å². The Labute approximate surface area is 116 Å². The predicted molar refractivity (Wildman–Crippen MR) is 73.4 cm³/mol. The molecule has 0 spiro atoms. The van der Waals surface area contributed by atoms with Crippen molar-refractivity contribution >= 4 is 13.6 Å². The molecule has 0 bridgehead atoms. The van der Waals surface area contributed by atoms with Crippen LogP contribution in [0, 0.1) is 0 Å². The lowest BCUT2D eigenvalue weighted by Gasteiger charge is -2.24. The molecule has 0 aliphatic carbocycles. The highest BCUT2D eigenvalue weighted by molar-refractivity contribution is 7.51. The highest BCUT2D eigenvalue weighted by Crippen LogP contribution is 2.33. The first-order chi connectivity index (χ1) is 9.33. The summed E-state index contributed by atoms with van der Waals surface area (Å²) in [5.74, 6) is 0.495. The smallest absolute Gasteiger partial charge is 0.350 e. The molecule has 0 aromatic carbocycles. The van der Waals surface area contributed by atoms with E-state index in [9.17, 15) is 4.57 Å². The quantitative estimate of drug-likeness (QED) is 0.221. The normalized spacial score (nSPS) is 19.5. The third-order valence-electron chi connectivity index (χ3n) is 2.29. The van der Waals surface area contributed by atoms with Crippen LogP contribution < -0.4 is 16.8 Å². The van der Waals surface area contributed by atoms with Crippen molar-refractivity contribution in [2.45, 2.75) is 12.6 Å². The minimum absolute atomic E-state index is 0.0196. The van der Waals surface area contributed by atoms with E-state index in [0.29, 0.717) is 17.8 Å². The average molecular weight is 306 g/mol.